The number of hydrogen-bond donors (Lipinski definition) is 0. The predicted octanol–water partition coefficient (Wildman–Crippen LogP) is 1.77. The number of fused-ring (bicyclic) bond motifs is 1. The number of nitrogens with zero attached hydrogens (tertiary/aromatic N) is 3. The number of esters is 1. The molecule has 2 aromatic rings. The van der Waals surface area contributed by atoms with E-state index in [0.717, 1.165) is 5.39 Å². The van der Waals surface area contributed by atoms with Gasteiger partial charge in [-0.15, -0.1) is 0 Å². The van der Waals surface area contributed by atoms with Crippen molar-refractivity contribution < 1.29 is 9.53 Å². The normalized spacial score (nSPS) is 11.7. The van der Waals surface area contributed by atoms with Crippen LogP contribution in [0.1, 0.15) is 20.8 Å². The molecule has 0 atom stereocenters. The van der Waals surface area contributed by atoms with Crippen LogP contribution in [0, 0.1) is 0 Å². The van der Waals surface area contributed by atoms with Crippen LogP contribution in [0.25, 0.3) is 11.0 Å². The van der Waals surface area contributed by atoms with E-state index in [1.165, 1.54) is 0 Å². The molecule has 90 valence electrons. The van der Waals surface area contributed by atoms with Crippen LogP contribution < -0.4 is 0 Å². The second kappa shape index (κ2) is 4.16. The Morgan fingerprint density at radius 3 is 2.88 bits per heavy atom. The zero-order valence-corrected chi connectivity index (χ0v) is 10.2. The first-order valence-corrected chi connectivity index (χ1v) is 5.44. The van der Waals surface area contributed by atoms with Crippen LogP contribution in [0.15, 0.2) is 24.5 Å². The molecule has 0 aliphatic rings. The largest absolute Gasteiger partial charge is 0.459 e. The Labute approximate surface area is 99.4 Å². The number of ether oxygens (including phenoxy) is 1. The molecule has 2 aromatic heterocycles. The van der Waals surface area contributed by atoms with Gasteiger partial charge in [0.25, 0.3) is 0 Å². The quantitative estimate of drug-likeness (QED) is 0.742. The van der Waals surface area contributed by atoms with E-state index in [9.17, 15) is 4.79 Å². The Kier molecular flexibility index (Phi) is 2.83. The third kappa shape index (κ3) is 3.03. The van der Waals surface area contributed by atoms with E-state index in [4.69, 9.17) is 4.74 Å². The highest BCUT2D eigenvalue weighted by molar-refractivity contribution is 5.75. The Morgan fingerprint density at radius 1 is 1.47 bits per heavy atom. The fraction of sp³-hybridized carbons (Fsp3) is 0.417. The summed E-state index contributed by atoms with van der Waals surface area (Å²) in [5.74, 6) is -0.301. The molecule has 0 amide bonds. The smallest absolute Gasteiger partial charge is 0.328 e. The maximum absolute atomic E-state index is 11.6. The van der Waals surface area contributed by atoms with Gasteiger partial charge in [0.1, 0.15) is 12.1 Å². The van der Waals surface area contributed by atoms with Crippen LogP contribution in [0.4, 0.5) is 0 Å². The molecule has 0 N–H and O–H groups in total. The third-order valence-electron chi connectivity index (χ3n) is 2.04. The third-order valence-corrected chi connectivity index (χ3v) is 2.04. The van der Waals surface area contributed by atoms with E-state index >= 15 is 0 Å². The average Bonchev–Trinajstić information content (AvgIpc) is 2.55. The van der Waals surface area contributed by atoms with Gasteiger partial charge in [0, 0.05) is 17.8 Å². The Balaban J connectivity index is 2.11. The summed E-state index contributed by atoms with van der Waals surface area (Å²) >= 11 is 0. The standard InChI is InChI=1S/C12H15N3O2/c1-12(2,3)17-10(16)8-15-7-9-5-4-6-13-11(9)14-15/h4-7H,8H2,1-3H3. The van der Waals surface area contributed by atoms with Crippen molar-refractivity contribution in [2.75, 3.05) is 0 Å². The summed E-state index contributed by atoms with van der Waals surface area (Å²) in [6.45, 7) is 5.62. The van der Waals surface area contributed by atoms with E-state index in [1.54, 1.807) is 17.1 Å². The molecule has 0 aromatic carbocycles. The number of carbonyl (C=O) groups excluding carboxylic acids is 1. The second-order valence-corrected chi connectivity index (χ2v) is 4.83. The lowest BCUT2D eigenvalue weighted by molar-refractivity contribution is -0.155. The van der Waals surface area contributed by atoms with Gasteiger partial charge in [0.15, 0.2) is 5.65 Å². The minimum atomic E-state index is -0.470. The van der Waals surface area contributed by atoms with Crippen molar-refractivity contribution in [2.45, 2.75) is 32.9 Å². The summed E-state index contributed by atoms with van der Waals surface area (Å²) in [5, 5.41) is 5.10. The molecule has 0 unspecified atom stereocenters. The van der Waals surface area contributed by atoms with Crippen molar-refractivity contribution in [1.29, 1.82) is 0 Å². The number of hydrogen-bond acceptors (Lipinski definition) is 4. The highest BCUT2D eigenvalue weighted by Gasteiger charge is 2.16. The molecule has 2 heterocycles. The molecule has 0 spiro atoms. The van der Waals surface area contributed by atoms with Crippen molar-refractivity contribution in [3.63, 3.8) is 0 Å². The molecule has 5 nitrogen and oxygen atoms in total. The molecule has 0 saturated carbocycles. The van der Waals surface area contributed by atoms with Gasteiger partial charge >= 0.3 is 5.97 Å². The van der Waals surface area contributed by atoms with Gasteiger partial charge in [-0.1, -0.05) is 0 Å². The fourth-order valence-corrected chi connectivity index (χ4v) is 1.49. The summed E-state index contributed by atoms with van der Waals surface area (Å²) in [7, 11) is 0. The number of carbonyl (C=O) groups is 1. The van der Waals surface area contributed by atoms with Gasteiger partial charge in [-0.2, -0.15) is 5.10 Å². The lowest BCUT2D eigenvalue weighted by Crippen LogP contribution is -2.26. The van der Waals surface area contributed by atoms with E-state index < -0.39 is 5.60 Å². The van der Waals surface area contributed by atoms with E-state index in [0.29, 0.717) is 5.65 Å². The minimum Gasteiger partial charge on any atom is -0.459 e. The van der Waals surface area contributed by atoms with Gasteiger partial charge in [-0.25, -0.2) is 4.98 Å². The lowest BCUT2D eigenvalue weighted by atomic mass is 10.2. The Hall–Kier alpha value is -1.91. The van der Waals surface area contributed by atoms with Gasteiger partial charge in [-0.3, -0.25) is 9.48 Å². The van der Waals surface area contributed by atoms with Gasteiger partial charge in [0.05, 0.1) is 0 Å². The van der Waals surface area contributed by atoms with Crippen LogP contribution in [-0.4, -0.2) is 26.3 Å². The number of aromatic nitrogens is 3. The van der Waals surface area contributed by atoms with Gasteiger partial charge in [-0.05, 0) is 32.9 Å². The molecule has 0 bridgehead atoms. The minimum absolute atomic E-state index is 0.105. The second-order valence-electron chi connectivity index (χ2n) is 4.83. The van der Waals surface area contributed by atoms with Crippen molar-refractivity contribution >= 4 is 17.0 Å². The first kappa shape index (κ1) is 11.6. The van der Waals surface area contributed by atoms with Crippen LogP contribution in [0.3, 0.4) is 0 Å². The molecule has 0 aliphatic heterocycles. The van der Waals surface area contributed by atoms with Crippen molar-refractivity contribution in [1.82, 2.24) is 14.8 Å². The van der Waals surface area contributed by atoms with Crippen molar-refractivity contribution in [3.8, 4) is 0 Å². The van der Waals surface area contributed by atoms with Gasteiger partial charge in [0.2, 0.25) is 0 Å². The number of pyridine rings is 1. The zero-order chi connectivity index (χ0) is 12.5. The molecule has 0 fully saturated rings. The van der Waals surface area contributed by atoms with E-state index in [-0.39, 0.29) is 12.5 Å². The molecule has 0 radical (unpaired) electrons. The van der Waals surface area contributed by atoms with Crippen LogP contribution in [0.2, 0.25) is 0 Å². The Bertz CT molecular complexity index is 507. The van der Waals surface area contributed by atoms with E-state index in [2.05, 4.69) is 10.1 Å². The first-order chi connectivity index (χ1) is 7.94. The SMILES string of the molecule is CC(C)(C)OC(=O)Cn1cc2cccnc2n1. The molecular weight excluding hydrogens is 218 g/mol. The molecule has 5 heteroatoms. The van der Waals surface area contributed by atoms with Crippen molar-refractivity contribution in [2.24, 2.45) is 0 Å². The van der Waals surface area contributed by atoms with Crippen LogP contribution in [-0.2, 0) is 16.1 Å². The maximum Gasteiger partial charge on any atom is 0.328 e. The average molecular weight is 233 g/mol. The fourth-order valence-electron chi connectivity index (χ4n) is 1.49. The highest BCUT2D eigenvalue weighted by Crippen LogP contribution is 2.10. The van der Waals surface area contributed by atoms with Crippen molar-refractivity contribution in [3.05, 3.63) is 24.5 Å². The Morgan fingerprint density at radius 2 is 2.24 bits per heavy atom. The zero-order valence-electron chi connectivity index (χ0n) is 10.2. The molecule has 17 heavy (non-hydrogen) atoms. The number of rotatable bonds is 2. The lowest BCUT2D eigenvalue weighted by Gasteiger charge is -2.19. The van der Waals surface area contributed by atoms with E-state index in [1.807, 2.05) is 32.9 Å². The first-order valence-electron chi connectivity index (χ1n) is 5.44. The molecule has 0 aliphatic carbocycles. The topological polar surface area (TPSA) is 57.0 Å². The molecule has 2 rings (SSSR count). The summed E-state index contributed by atoms with van der Waals surface area (Å²) < 4.78 is 6.76. The highest BCUT2D eigenvalue weighted by atomic mass is 16.6. The summed E-state index contributed by atoms with van der Waals surface area (Å²) in [4.78, 5) is 15.7. The molecule has 0 saturated heterocycles. The summed E-state index contributed by atoms with van der Waals surface area (Å²) in [5.41, 5.74) is 0.165. The summed E-state index contributed by atoms with van der Waals surface area (Å²) in [6, 6.07) is 3.74. The van der Waals surface area contributed by atoms with Crippen LogP contribution >= 0.6 is 0 Å². The van der Waals surface area contributed by atoms with Crippen LogP contribution in [0.5, 0.6) is 0 Å². The van der Waals surface area contributed by atoms with Gasteiger partial charge < -0.3 is 4.74 Å². The predicted molar refractivity (Wildman–Crippen MR) is 63.4 cm³/mol. The molecular formula is C12H15N3O2. The monoisotopic (exact) mass is 233 g/mol. The summed E-state index contributed by atoms with van der Waals surface area (Å²) in [6.07, 6.45) is 3.46. The maximum atomic E-state index is 11.6.